The van der Waals surface area contributed by atoms with Gasteiger partial charge in [0.1, 0.15) is 11.2 Å². The number of imidazole rings is 1. The lowest BCUT2D eigenvalue weighted by atomic mass is 10.0. The van der Waals surface area contributed by atoms with Gasteiger partial charge < -0.3 is 4.98 Å². The number of rotatable bonds is 3. The fraction of sp³-hybridized carbons (Fsp3) is 0. The van der Waals surface area contributed by atoms with E-state index in [0.29, 0.717) is 0 Å². The maximum atomic E-state index is 4.86. The molecule has 1 aromatic carbocycles. The number of benzene rings is 1. The van der Waals surface area contributed by atoms with Gasteiger partial charge in [0.2, 0.25) is 0 Å². The minimum Gasteiger partial charge on any atom is -0.336 e. The molecule has 0 amide bonds. The van der Waals surface area contributed by atoms with Crippen LogP contribution in [0.3, 0.4) is 0 Å². The molecule has 6 nitrogen and oxygen atoms in total. The van der Waals surface area contributed by atoms with E-state index in [0.717, 1.165) is 55.8 Å². The van der Waals surface area contributed by atoms with Crippen LogP contribution in [-0.2, 0) is 0 Å². The Morgan fingerprint density at radius 3 is 2.72 bits per heavy atom. The molecule has 0 aliphatic heterocycles. The second-order valence-electron chi connectivity index (χ2n) is 6.73. The first-order valence-corrected chi connectivity index (χ1v) is 10.1. The van der Waals surface area contributed by atoms with Crippen molar-refractivity contribution in [3.63, 3.8) is 0 Å². The lowest BCUT2D eigenvalue weighted by molar-refractivity contribution is 1.11. The first-order chi connectivity index (χ1) is 14.4. The number of hydrogen-bond donors (Lipinski definition) is 2. The molecule has 29 heavy (non-hydrogen) atoms. The molecule has 0 fully saturated rings. The van der Waals surface area contributed by atoms with Gasteiger partial charge >= 0.3 is 0 Å². The van der Waals surface area contributed by atoms with Gasteiger partial charge in [0, 0.05) is 40.5 Å². The smallest absolute Gasteiger partial charge is 0.159 e. The number of hydrogen-bond acceptors (Lipinski definition) is 5. The van der Waals surface area contributed by atoms with Crippen LogP contribution in [0.25, 0.3) is 55.8 Å². The highest BCUT2D eigenvalue weighted by atomic mass is 32.1. The predicted octanol–water partition coefficient (Wildman–Crippen LogP) is 5.29. The molecule has 0 atom stereocenters. The van der Waals surface area contributed by atoms with Crippen LogP contribution in [0, 0.1) is 0 Å². The van der Waals surface area contributed by atoms with Crippen molar-refractivity contribution < 1.29 is 0 Å². The van der Waals surface area contributed by atoms with Crippen molar-refractivity contribution in [2.45, 2.75) is 0 Å². The van der Waals surface area contributed by atoms with E-state index in [1.165, 1.54) is 0 Å². The molecule has 6 rings (SSSR count). The summed E-state index contributed by atoms with van der Waals surface area (Å²) in [7, 11) is 0. The Kier molecular flexibility index (Phi) is 3.54. The van der Waals surface area contributed by atoms with Crippen LogP contribution in [-0.4, -0.2) is 30.1 Å². The summed E-state index contributed by atoms with van der Waals surface area (Å²) >= 11 is 1.65. The Bertz CT molecular complexity index is 1450. The SMILES string of the molecule is c1cncc(-c2ccc3[nH]nc(-c4nc5c(-c6ccsc6)nccc5[nH]4)c3c2)c1. The van der Waals surface area contributed by atoms with E-state index in [1.54, 1.807) is 23.7 Å². The third kappa shape index (κ3) is 2.63. The highest BCUT2D eigenvalue weighted by Gasteiger charge is 2.16. The zero-order chi connectivity index (χ0) is 19.2. The van der Waals surface area contributed by atoms with Crippen LogP contribution in [0.5, 0.6) is 0 Å². The Labute approximate surface area is 169 Å². The van der Waals surface area contributed by atoms with Crippen LogP contribution in [0.2, 0.25) is 0 Å². The Morgan fingerprint density at radius 1 is 0.862 bits per heavy atom. The average Bonchev–Trinajstić information content (AvgIpc) is 3.52. The lowest BCUT2D eigenvalue weighted by Crippen LogP contribution is -1.84. The van der Waals surface area contributed by atoms with Crippen LogP contribution in [0.15, 0.2) is 71.8 Å². The van der Waals surface area contributed by atoms with Crippen LogP contribution >= 0.6 is 11.3 Å². The van der Waals surface area contributed by atoms with E-state index in [4.69, 9.17) is 4.98 Å². The molecule has 0 saturated carbocycles. The third-order valence-electron chi connectivity index (χ3n) is 4.98. The normalized spacial score (nSPS) is 11.4. The second-order valence-corrected chi connectivity index (χ2v) is 7.51. The number of aromatic amines is 2. The maximum absolute atomic E-state index is 4.86. The summed E-state index contributed by atoms with van der Waals surface area (Å²) in [4.78, 5) is 17.0. The van der Waals surface area contributed by atoms with Gasteiger partial charge in [-0.2, -0.15) is 16.4 Å². The van der Waals surface area contributed by atoms with Crippen molar-refractivity contribution in [2.24, 2.45) is 0 Å². The van der Waals surface area contributed by atoms with Crippen LogP contribution in [0.4, 0.5) is 0 Å². The average molecular weight is 394 g/mol. The summed E-state index contributed by atoms with van der Waals surface area (Å²) < 4.78 is 0. The third-order valence-corrected chi connectivity index (χ3v) is 5.66. The van der Waals surface area contributed by atoms with E-state index < -0.39 is 0 Å². The number of aromatic nitrogens is 6. The molecule has 0 bridgehead atoms. The molecule has 0 aliphatic carbocycles. The van der Waals surface area contributed by atoms with E-state index in [1.807, 2.05) is 35.8 Å². The van der Waals surface area contributed by atoms with Crippen LogP contribution in [0.1, 0.15) is 0 Å². The summed E-state index contributed by atoms with van der Waals surface area (Å²) in [6, 6.07) is 14.2. The Balaban J connectivity index is 1.53. The highest BCUT2D eigenvalue weighted by Crippen LogP contribution is 2.32. The van der Waals surface area contributed by atoms with Crippen molar-refractivity contribution in [1.29, 1.82) is 0 Å². The lowest BCUT2D eigenvalue weighted by Gasteiger charge is -2.01. The van der Waals surface area contributed by atoms with Gasteiger partial charge in [0.15, 0.2) is 5.82 Å². The van der Waals surface area contributed by atoms with Crippen molar-refractivity contribution >= 4 is 33.3 Å². The molecular formula is C22H14N6S. The van der Waals surface area contributed by atoms with Gasteiger partial charge in [-0.3, -0.25) is 15.1 Å². The van der Waals surface area contributed by atoms with Gasteiger partial charge in [-0.05, 0) is 41.3 Å². The first-order valence-electron chi connectivity index (χ1n) is 9.13. The monoisotopic (exact) mass is 394 g/mol. The summed E-state index contributed by atoms with van der Waals surface area (Å²) in [5.74, 6) is 0.721. The van der Waals surface area contributed by atoms with Gasteiger partial charge in [-0.15, -0.1) is 0 Å². The van der Waals surface area contributed by atoms with Gasteiger partial charge in [-0.25, -0.2) is 4.98 Å². The van der Waals surface area contributed by atoms with Crippen molar-refractivity contribution in [3.05, 3.63) is 71.8 Å². The largest absolute Gasteiger partial charge is 0.336 e. The zero-order valence-electron chi connectivity index (χ0n) is 15.1. The molecule has 6 aromatic rings. The molecular weight excluding hydrogens is 380 g/mol. The van der Waals surface area contributed by atoms with E-state index in [9.17, 15) is 0 Å². The number of thiophene rings is 1. The molecule has 0 aliphatic rings. The standard InChI is InChI=1S/C22H14N6S/c1-2-14(11-23-7-1)13-3-4-17-16(10-13)20(28-27-17)22-25-18-5-8-24-19(21(18)26-22)15-6-9-29-12-15/h1-12H,(H,25,26)(H,27,28). The van der Waals surface area contributed by atoms with Crippen molar-refractivity contribution in [2.75, 3.05) is 0 Å². The van der Waals surface area contributed by atoms with E-state index >= 15 is 0 Å². The maximum Gasteiger partial charge on any atom is 0.159 e. The summed E-state index contributed by atoms with van der Waals surface area (Å²) in [5, 5.41) is 12.8. The first kappa shape index (κ1) is 16.1. The minimum atomic E-state index is 0.721. The number of nitrogens with zero attached hydrogens (tertiary/aromatic N) is 4. The fourth-order valence-electron chi connectivity index (χ4n) is 3.57. The quantitative estimate of drug-likeness (QED) is 0.427. The highest BCUT2D eigenvalue weighted by molar-refractivity contribution is 7.08. The minimum absolute atomic E-state index is 0.721. The topological polar surface area (TPSA) is 83.1 Å². The predicted molar refractivity (Wildman–Crippen MR) is 116 cm³/mol. The molecule has 0 saturated heterocycles. The molecule has 5 aromatic heterocycles. The Hall–Kier alpha value is -3.84. The summed E-state index contributed by atoms with van der Waals surface area (Å²) in [6.07, 6.45) is 5.44. The molecule has 0 unspecified atom stereocenters. The molecule has 2 N–H and O–H groups in total. The number of pyridine rings is 2. The molecule has 138 valence electrons. The summed E-state index contributed by atoms with van der Waals surface area (Å²) in [5.41, 5.74) is 7.64. The van der Waals surface area contributed by atoms with E-state index in [2.05, 4.69) is 48.7 Å². The van der Waals surface area contributed by atoms with Gasteiger partial charge in [0.25, 0.3) is 0 Å². The second kappa shape index (κ2) is 6.35. The molecule has 5 heterocycles. The molecule has 7 heteroatoms. The van der Waals surface area contributed by atoms with Gasteiger partial charge in [0.05, 0.1) is 16.7 Å². The van der Waals surface area contributed by atoms with Crippen LogP contribution < -0.4 is 0 Å². The fourth-order valence-corrected chi connectivity index (χ4v) is 4.21. The zero-order valence-corrected chi connectivity index (χ0v) is 15.9. The molecule has 0 spiro atoms. The van der Waals surface area contributed by atoms with Crippen molar-refractivity contribution in [3.8, 4) is 33.9 Å². The Morgan fingerprint density at radius 2 is 1.86 bits per heavy atom. The summed E-state index contributed by atoms with van der Waals surface area (Å²) in [6.45, 7) is 0. The molecule has 0 radical (unpaired) electrons. The number of H-pyrrole nitrogens is 2. The number of nitrogens with one attached hydrogen (secondary N) is 2. The number of fused-ring (bicyclic) bond motifs is 2. The van der Waals surface area contributed by atoms with Gasteiger partial charge in [-0.1, -0.05) is 12.1 Å². The van der Waals surface area contributed by atoms with Crippen molar-refractivity contribution in [1.82, 2.24) is 30.1 Å². The van der Waals surface area contributed by atoms with E-state index in [-0.39, 0.29) is 0 Å².